The van der Waals surface area contributed by atoms with Gasteiger partial charge in [0.25, 0.3) is 5.91 Å². The third-order valence-electron chi connectivity index (χ3n) is 3.12. The first-order valence-corrected chi connectivity index (χ1v) is 5.91. The molecule has 17 heavy (non-hydrogen) atoms. The molecule has 1 aliphatic rings. The number of hydrogen-bond acceptors (Lipinski definition) is 5. The Morgan fingerprint density at radius 3 is 3.18 bits per heavy atom. The monoisotopic (exact) mass is 238 g/mol. The molecule has 0 radical (unpaired) electrons. The van der Waals surface area contributed by atoms with E-state index >= 15 is 0 Å². The Morgan fingerprint density at radius 2 is 2.53 bits per heavy atom. The zero-order valence-electron chi connectivity index (χ0n) is 9.94. The Balaban J connectivity index is 1.84. The average Bonchev–Trinajstić information content (AvgIpc) is 2.94. The maximum absolute atomic E-state index is 11.7. The van der Waals surface area contributed by atoms with Crippen LogP contribution in [0.5, 0.6) is 0 Å². The molecule has 7 heteroatoms. The molecule has 1 unspecified atom stereocenters. The summed E-state index contributed by atoms with van der Waals surface area (Å²) in [7, 11) is 0. The minimum Gasteiger partial charge on any atom is -0.366 e. The second-order valence-electron chi connectivity index (χ2n) is 4.18. The van der Waals surface area contributed by atoms with Crippen LogP contribution in [0.3, 0.4) is 0 Å². The van der Waals surface area contributed by atoms with E-state index in [0.29, 0.717) is 12.6 Å². The van der Waals surface area contributed by atoms with Crippen LogP contribution in [0.1, 0.15) is 30.4 Å². The quantitative estimate of drug-likeness (QED) is 0.663. The van der Waals surface area contributed by atoms with Gasteiger partial charge in [-0.05, 0) is 25.9 Å². The van der Waals surface area contributed by atoms with Crippen molar-refractivity contribution in [2.24, 2.45) is 0 Å². The SMILES string of the molecule is CCN1CCCC1CNC(=O)c1nc(N)n[nH]1. The molecule has 1 fully saturated rings. The summed E-state index contributed by atoms with van der Waals surface area (Å²) in [5.41, 5.74) is 5.34. The summed E-state index contributed by atoms with van der Waals surface area (Å²) in [6.07, 6.45) is 2.33. The van der Waals surface area contributed by atoms with E-state index in [9.17, 15) is 4.79 Å². The van der Waals surface area contributed by atoms with Crippen LogP contribution in [0.15, 0.2) is 0 Å². The van der Waals surface area contributed by atoms with E-state index in [2.05, 4.69) is 32.3 Å². The van der Waals surface area contributed by atoms with Crippen LogP contribution < -0.4 is 11.1 Å². The lowest BCUT2D eigenvalue weighted by atomic mass is 10.2. The molecule has 0 spiro atoms. The predicted molar refractivity (Wildman–Crippen MR) is 63.4 cm³/mol. The maximum Gasteiger partial charge on any atom is 0.288 e. The maximum atomic E-state index is 11.7. The molecule has 0 aromatic carbocycles. The highest BCUT2D eigenvalue weighted by molar-refractivity contribution is 5.90. The van der Waals surface area contributed by atoms with Crippen molar-refractivity contribution in [3.63, 3.8) is 0 Å². The van der Waals surface area contributed by atoms with Crippen molar-refractivity contribution in [3.05, 3.63) is 5.82 Å². The third-order valence-corrected chi connectivity index (χ3v) is 3.12. The molecule has 1 saturated heterocycles. The number of amides is 1. The van der Waals surface area contributed by atoms with Crippen LogP contribution in [0.25, 0.3) is 0 Å². The molecule has 1 aliphatic heterocycles. The van der Waals surface area contributed by atoms with E-state index in [1.807, 2.05) is 0 Å². The highest BCUT2D eigenvalue weighted by atomic mass is 16.2. The fraction of sp³-hybridized carbons (Fsp3) is 0.700. The molecule has 1 atom stereocenters. The Labute approximate surface area is 99.8 Å². The van der Waals surface area contributed by atoms with Gasteiger partial charge in [-0.2, -0.15) is 4.98 Å². The van der Waals surface area contributed by atoms with Crippen molar-refractivity contribution in [2.45, 2.75) is 25.8 Å². The van der Waals surface area contributed by atoms with Gasteiger partial charge in [-0.25, -0.2) is 0 Å². The molecule has 2 rings (SSSR count). The predicted octanol–water partition coefficient (Wildman–Crippen LogP) is -0.399. The van der Waals surface area contributed by atoms with Crippen molar-refractivity contribution in [1.82, 2.24) is 25.4 Å². The average molecular weight is 238 g/mol. The minimum absolute atomic E-state index is 0.0891. The second kappa shape index (κ2) is 5.13. The third kappa shape index (κ3) is 2.73. The van der Waals surface area contributed by atoms with Crippen LogP contribution >= 0.6 is 0 Å². The normalized spacial score (nSPS) is 20.6. The zero-order chi connectivity index (χ0) is 12.3. The van der Waals surface area contributed by atoms with Gasteiger partial charge in [-0.1, -0.05) is 6.92 Å². The summed E-state index contributed by atoms with van der Waals surface area (Å²) < 4.78 is 0. The lowest BCUT2D eigenvalue weighted by molar-refractivity contribution is 0.0931. The number of rotatable bonds is 4. The number of anilines is 1. The number of carbonyl (C=O) groups excluding carboxylic acids is 1. The van der Waals surface area contributed by atoms with Crippen LogP contribution in [-0.2, 0) is 0 Å². The summed E-state index contributed by atoms with van der Waals surface area (Å²) in [5.74, 6) is 0.00639. The van der Waals surface area contributed by atoms with Crippen LogP contribution in [0.2, 0.25) is 0 Å². The zero-order valence-corrected chi connectivity index (χ0v) is 9.94. The summed E-state index contributed by atoms with van der Waals surface area (Å²) in [6.45, 7) is 4.92. The minimum atomic E-state index is -0.253. The van der Waals surface area contributed by atoms with E-state index in [0.717, 1.165) is 19.5 Å². The van der Waals surface area contributed by atoms with Crippen LogP contribution in [0, 0.1) is 0 Å². The number of likely N-dealkylation sites (tertiary alicyclic amines) is 1. The fourth-order valence-electron chi connectivity index (χ4n) is 2.21. The van der Waals surface area contributed by atoms with Gasteiger partial charge in [0.1, 0.15) is 0 Å². The van der Waals surface area contributed by atoms with Crippen molar-refractivity contribution in [3.8, 4) is 0 Å². The summed E-state index contributed by atoms with van der Waals surface area (Å²) in [4.78, 5) is 17.8. The molecule has 0 bridgehead atoms. The number of hydrogen-bond donors (Lipinski definition) is 3. The number of H-pyrrole nitrogens is 1. The van der Waals surface area contributed by atoms with Gasteiger partial charge >= 0.3 is 0 Å². The number of carbonyl (C=O) groups is 1. The van der Waals surface area contributed by atoms with E-state index in [-0.39, 0.29) is 17.7 Å². The summed E-state index contributed by atoms with van der Waals surface area (Å²) >= 11 is 0. The fourth-order valence-corrected chi connectivity index (χ4v) is 2.21. The van der Waals surface area contributed by atoms with Gasteiger partial charge in [-0.3, -0.25) is 14.8 Å². The molecule has 0 aliphatic carbocycles. The molecule has 1 aromatic heterocycles. The Hall–Kier alpha value is -1.63. The van der Waals surface area contributed by atoms with Gasteiger partial charge < -0.3 is 11.1 Å². The number of aromatic amines is 1. The van der Waals surface area contributed by atoms with Crippen molar-refractivity contribution in [2.75, 3.05) is 25.4 Å². The topological polar surface area (TPSA) is 99.9 Å². The molecule has 1 amide bonds. The van der Waals surface area contributed by atoms with E-state index in [1.54, 1.807) is 0 Å². The first-order valence-electron chi connectivity index (χ1n) is 5.91. The van der Waals surface area contributed by atoms with Crippen molar-refractivity contribution >= 4 is 11.9 Å². The number of likely N-dealkylation sites (N-methyl/N-ethyl adjacent to an activating group) is 1. The first kappa shape index (κ1) is 11.8. The van der Waals surface area contributed by atoms with E-state index in [1.165, 1.54) is 6.42 Å². The van der Waals surface area contributed by atoms with E-state index < -0.39 is 0 Å². The molecule has 94 valence electrons. The molecular weight excluding hydrogens is 220 g/mol. The van der Waals surface area contributed by atoms with Gasteiger partial charge in [-0.15, -0.1) is 5.10 Å². The van der Waals surface area contributed by atoms with Gasteiger partial charge in [0.05, 0.1) is 0 Å². The van der Waals surface area contributed by atoms with Crippen molar-refractivity contribution < 1.29 is 4.79 Å². The lowest BCUT2D eigenvalue weighted by Crippen LogP contribution is -2.40. The van der Waals surface area contributed by atoms with Crippen LogP contribution in [0.4, 0.5) is 5.95 Å². The Kier molecular flexibility index (Phi) is 3.58. The summed E-state index contributed by atoms with van der Waals surface area (Å²) in [6, 6.07) is 0.434. The summed E-state index contributed by atoms with van der Waals surface area (Å²) in [5, 5.41) is 8.96. The number of aromatic nitrogens is 3. The molecule has 0 saturated carbocycles. The first-order chi connectivity index (χ1) is 8.20. The molecular formula is C10H18N6O. The lowest BCUT2D eigenvalue weighted by Gasteiger charge is -2.22. The largest absolute Gasteiger partial charge is 0.366 e. The Morgan fingerprint density at radius 1 is 1.71 bits per heavy atom. The van der Waals surface area contributed by atoms with Gasteiger partial charge in [0, 0.05) is 12.6 Å². The molecule has 1 aromatic rings. The molecule has 7 nitrogen and oxygen atoms in total. The second-order valence-corrected chi connectivity index (χ2v) is 4.18. The molecule has 4 N–H and O–H groups in total. The number of nitrogens with two attached hydrogens (primary N) is 1. The number of nitrogens with one attached hydrogen (secondary N) is 2. The number of nitrogen functional groups attached to an aromatic ring is 1. The highest BCUT2D eigenvalue weighted by Crippen LogP contribution is 2.15. The van der Waals surface area contributed by atoms with Crippen LogP contribution in [-0.4, -0.2) is 51.7 Å². The van der Waals surface area contributed by atoms with Crippen molar-refractivity contribution in [1.29, 1.82) is 0 Å². The van der Waals surface area contributed by atoms with Gasteiger partial charge in [0.15, 0.2) is 0 Å². The number of nitrogens with zero attached hydrogens (tertiary/aromatic N) is 3. The van der Waals surface area contributed by atoms with E-state index in [4.69, 9.17) is 5.73 Å². The smallest absolute Gasteiger partial charge is 0.288 e. The van der Waals surface area contributed by atoms with Gasteiger partial charge in [0.2, 0.25) is 11.8 Å². The Bertz CT molecular complexity index is 390. The standard InChI is InChI=1S/C10H18N6O/c1-2-16-5-3-4-7(16)6-12-9(17)8-13-10(11)15-14-8/h7H,2-6H2,1H3,(H,12,17)(H3,11,13,14,15). The molecule has 2 heterocycles. The highest BCUT2D eigenvalue weighted by Gasteiger charge is 2.23.